The van der Waals surface area contributed by atoms with Gasteiger partial charge >= 0.3 is 0 Å². The second-order valence-corrected chi connectivity index (χ2v) is 3.31. The van der Waals surface area contributed by atoms with E-state index in [-0.39, 0.29) is 12.5 Å². The Hall–Kier alpha value is -1.06. The maximum absolute atomic E-state index is 11.0. The first-order valence-electron chi connectivity index (χ1n) is 5.13. The average molecular weight is 200 g/mol. The van der Waals surface area contributed by atoms with Crippen molar-refractivity contribution in [1.29, 1.82) is 0 Å². The fourth-order valence-electron chi connectivity index (χ4n) is 1.15. The van der Waals surface area contributed by atoms with E-state index in [0.29, 0.717) is 6.42 Å². The number of carbonyl (C=O) groups excluding carboxylic acids is 2. The topological polar surface area (TPSA) is 69.2 Å². The molecule has 0 saturated heterocycles. The number of carbonyl (C=O) groups is 2. The van der Waals surface area contributed by atoms with E-state index in [4.69, 9.17) is 0 Å². The number of rotatable bonds is 8. The molecule has 0 unspecified atom stereocenters. The number of unbranched alkanes of at least 4 members (excludes halogenated alkanes) is 4. The van der Waals surface area contributed by atoms with Crippen molar-refractivity contribution >= 4 is 11.9 Å². The van der Waals surface area contributed by atoms with Crippen LogP contribution in [0.2, 0.25) is 0 Å². The van der Waals surface area contributed by atoms with Crippen LogP contribution in [0.4, 0.5) is 0 Å². The molecule has 82 valence electrons. The summed E-state index contributed by atoms with van der Waals surface area (Å²) < 4.78 is 0. The van der Waals surface area contributed by atoms with Crippen molar-refractivity contribution in [2.24, 2.45) is 0 Å². The predicted molar refractivity (Wildman–Crippen MR) is 51.4 cm³/mol. The molecule has 1 N–H and O–H groups in total. The molecule has 0 atom stereocenters. The summed E-state index contributed by atoms with van der Waals surface area (Å²) >= 11 is 0. The molecule has 14 heavy (non-hydrogen) atoms. The van der Waals surface area contributed by atoms with Crippen LogP contribution >= 0.6 is 0 Å². The summed E-state index contributed by atoms with van der Waals surface area (Å²) in [4.78, 5) is 21.0. The van der Waals surface area contributed by atoms with Gasteiger partial charge in [0, 0.05) is 6.42 Å². The summed E-state index contributed by atoms with van der Waals surface area (Å²) in [7, 11) is 0. The van der Waals surface area contributed by atoms with Gasteiger partial charge in [0.1, 0.15) is 0 Å². The molecular weight excluding hydrogens is 182 g/mol. The van der Waals surface area contributed by atoms with E-state index in [1.165, 1.54) is 12.8 Å². The monoisotopic (exact) mass is 200 g/mol. The summed E-state index contributed by atoms with van der Waals surface area (Å²) in [5.74, 6) is -1.45. The number of carboxylic acid groups (broad SMARTS) is 1. The van der Waals surface area contributed by atoms with Gasteiger partial charge in [0.2, 0.25) is 5.91 Å². The van der Waals surface area contributed by atoms with Crippen molar-refractivity contribution in [1.82, 2.24) is 5.32 Å². The number of aliphatic carboxylic acids is 1. The minimum absolute atomic E-state index is 0.203. The number of hydrogen-bond acceptors (Lipinski definition) is 3. The molecular formula is C10H18NO3-. The van der Waals surface area contributed by atoms with E-state index in [0.717, 1.165) is 19.3 Å². The molecule has 0 radical (unpaired) electrons. The number of amides is 1. The van der Waals surface area contributed by atoms with E-state index < -0.39 is 5.97 Å². The number of hydrogen-bond donors (Lipinski definition) is 1. The third kappa shape index (κ3) is 9.03. The molecule has 0 aliphatic carbocycles. The Kier molecular flexibility index (Phi) is 7.89. The first-order valence-corrected chi connectivity index (χ1v) is 5.13. The van der Waals surface area contributed by atoms with Gasteiger partial charge in [-0.25, -0.2) is 0 Å². The van der Waals surface area contributed by atoms with Crippen LogP contribution in [0.3, 0.4) is 0 Å². The smallest absolute Gasteiger partial charge is 0.220 e. The lowest BCUT2D eigenvalue weighted by atomic mass is 10.1. The van der Waals surface area contributed by atoms with Crippen LogP contribution in [-0.4, -0.2) is 18.4 Å². The lowest BCUT2D eigenvalue weighted by Crippen LogP contribution is -2.37. The van der Waals surface area contributed by atoms with Crippen molar-refractivity contribution in [2.75, 3.05) is 6.54 Å². The summed E-state index contributed by atoms with van der Waals surface area (Å²) in [5.41, 5.74) is 0. The van der Waals surface area contributed by atoms with Gasteiger partial charge < -0.3 is 15.2 Å². The van der Waals surface area contributed by atoms with Gasteiger partial charge in [-0.1, -0.05) is 32.6 Å². The van der Waals surface area contributed by atoms with Gasteiger partial charge in [-0.3, -0.25) is 4.79 Å². The zero-order chi connectivity index (χ0) is 10.8. The summed E-state index contributed by atoms with van der Waals surface area (Å²) in [6.07, 6.45) is 5.80. The molecule has 0 rings (SSSR count). The minimum atomic E-state index is -1.25. The maximum atomic E-state index is 11.0. The standard InChI is InChI=1S/C10H19NO3/c1-2-3-4-5-6-7-9(12)11-8-10(13)14/h2-8H2,1H3,(H,11,12)(H,13,14)/p-1. The molecule has 0 aromatic heterocycles. The van der Waals surface area contributed by atoms with Crippen molar-refractivity contribution in [2.45, 2.75) is 45.4 Å². The third-order valence-corrected chi connectivity index (χ3v) is 1.94. The lowest BCUT2D eigenvalue weighted by molar-refractivity contribution is -0.304. The second kappa shape index (κ2) is 8.53. The Morgan fingerprint density at radius 2 is 1.79 bits per heavy atom. The van der Waals surface area contributed by atoms with Gasteiger partial charge in [-0.05, 0) is 6.42 Å². The molecule has 0 bridgehead atoms. The number of carboxylic acids is 1. The molecule has 0 spiro atoms. The Labute approximate surface area is 84.7 Å². The van der Waals surface area contributed by atoms with E-state index in [1.54, 1.807) is 0 Å². The van der Waals surface area contributed by atoms with Gasteiger partial charge in [0.25, 0.3) is 0 Å². The molecule has 0 fully saturated rings. The highest BCUT2D eigenvalue weighted by Gasteiger charge is 1.99. The molecule has 4 nitrogen and oxygen atoms in total. The normalized spacial score (nSPS) is 9.79. The molecule has 0 aliphatic rings. The molecule has 0 aromatic carbocycles. The number of nitrogens with one attached hydrogen (secondary N) is 1. The van der Waals surface area contributed by atoms with Crippen LogP contribution in [0.5, 0.6) is 0 Å². The Bertz CT molecular complexity index is 180. The SMILES string of the molecule is CCCCCCCC(=O)NCC(=O)[O-]. The summed E-state index contributed by atoms with van der Waals surface area (Å²) in [5, 5.41) is 12.3. The Morgan fingerprint density at radius 3 is 2.36 bits per heavy atom. The summed E-state index contributed by atoms with van der Waals surface area (Å²) in [6.45, 7) is 1.75. The Balaban J connectivity index is 3.22. The molecule has 4 heteroatoms. The quantitative estimate of drug-likeness (QED) is 0.569. The fraction of sp³-hybridized carbons (Fsp3) is 0.800. The zero-order valence-corrected chi connectivity index (χ0v) is 8.67. The van der Waals surface area contributed by atoms with E-state index in [9.17, 15) is 14.7 Å². The van der Waals surface area contributed by atoms with E-state index in [1.807, 2.05) is 0 Å². The minimum Gasteiger partial charge on any atom is -0.548 e. The maximum Gasteiger partial charge on any atom is 0.220 e. The highest BCUT2D eigenvalue weighted by atomic mass is 16.4. The average Bonchev–Trinajstić information content (AvgIpc) is 2.14. The van der Waals surface area contributed by atoms with E-state index in [2.05, 4.69) is 12.2 Å². The van der Waals surface area contributed by atoms with Crippen LogP contribution < -0.4 is 10.4 Å². The molecule has 0 saturated carbocycles. The fourth-order valence-corrected chi connectivity index (χ4v) is 1.15. The van der Waals surface area contributed by atoms with Crippen molar-refractivity contribution < 1.29 is 14.7 Å². The highest BCUT2D eigenvalue weighted by Crippen LogP contribution is 2.04. The Morgan fingerprint density at radius 1 is 1.14 bits per heavy atom. The van der Waals surface area contributed by atoms with E-state index >= 15 is 0 Å². The largest absolute Gasteiger partial charge is 0.548 e. The van der Waals surface area contributed by atoms with Gasteiger partial charge in [0.05, 0.1) is 12.5 Å². The van der Waals surface area contributed by atoms with Gasteiger partial charge in [-0.15, -0.1) is 0 Å². The molecule has 1 amide bonds. The van der Waals surface area contributed by atoms with Crippen LogP contribution in [0.1, 0.15) is 45.4 Å². The van der Waals surface area contributed by atoms with Gasteiger partial charge in [0.15, 0.2) is 0 Å². The van der Waals surface area contributed by atoms with Crippen LogP contribution in [-0.2, 0) is 9.59 Å². The highest BCUT2D eigenvalue weighted by molar-refractivity contribution is 5.80. The molecule has 0 aromatic rings. The molecule has 0 aliphatic heterocycles. The van der Waals surface area contributed by atoms with Crippen molar-refractivity contribution in [3.05, 3.63) is 0 Å². The van der Waals surface area contributed by atoms with Crippen LogP contribution in [0.15, 0.2) is 0 Å². The molecule has 0 heterocycles. The zero-order valence-electron chi connectivity index (χ0n) is 8.67. The van der Waals surface area contributed by atoms with Crippen molar-refractivity contribution in [3.63, 3.8) is 0 Å². The van der Waals surface area contributed by atoms with Crippen molar-refractivity contribution in [3.8, 4) is 0 Å². The third-order valence-electron chi connectivity index (χ3n) is 1.94. The second-order valence-electron chi connectivity index (χ2n) is 3.31. The van der Waals surface area contributed by atoms with Gasteiger partial charge in [-0.2, -0.15) is 0 Å². The lowest BCUT2D eigenvalue weighted by Gasteiger charge is -2.05. The summed E-state index contributed by atoms with van der Waals surface area (Å²) in [6, 6.07) is 0. The first kappa shape index (κ1) is 12.9. The first-order chi connectivity index (χ1) is 6.66. The van der Waals surface area contributed by atoms with Crippen LogP contribution in [0, 0.1) is 0 Å². The van der Waals surface area contributed by atoms with Crippen LogP contribution in [0.25, 0.3) is 0 Å². The predicted octanol–water partition coefficient (Wildman–Crippen LogP) is 0.213.